The summed E-state index contributed by atoms with van der Waals surface area (Å²) >= 11 is 0. The van der Waals surface area contributed by atoms with Crippen molar-refractivity contribution in [3.8, 4) is 5.82 Å². The Kier molecular flexibility index (Phi) is 2.01. The zero-order chi connectivity index (χ0) is 18.6. The van der Waals surface area contributed by atoms with Crippen LogP contribution in [0.5, 0.6) is 0 Å². The van der Waals surface area contributed by atoms with Crippen molar-refractivity contribution in [1.82, 2.24) is 4.57 Å². The quantitative estimate of drug-likeness (QED) is 0.464. The second-order valence-electron chi connectivity index (χ2n) is 5.62. The first-order chi connectivity index (χ1) is 12.3. The van der Waals surface area contributed by atoms with Gasteiger partial charge in [0.25, 0.3) is 5.82 Å². The van der Waals surface area contributed by atoms with E-state index in [1.807, 2.05) is 25.2 Å². The molecule has 0 radical (unpaired) electrons. The fourth-order valence-electron chi connectivity index (χ4n) is 3.19. The van der Waals surface area contributed by atoms with Crippen molar-refractivity contribution < 1.29 is 10.1 Å². The fourth-order valence-corrected chi connectivity index (χ4v) is 3.19. The van der Waals surface area contributed by atoms with Gasteiger partial charge in [-0.2, -0.15) is 4.57 Å². The molecule has 4 rings (SSSR count). The minimum absolute atomic E-state index is 0.0256. The molecule has 0 amide bonds. The van der Waals surface area contributed by atoms with Crippen LogP contribution in [0.3, 0.4) is 0 Å². The highest BCUT2D eigenvalue weighted by Gasteiger charge is 2.21. The average molecular weight is 291 g/mol. The fraction of sp³-hybridized carbons (Fsp3) is 0.150. The summed E-state index contributed by atoms with van der Waals surface area (Å²) in [5.74, 6) is 0.767. The molecule has 2 heteroatoms. The first-order valence-corrected chi connectivity index (χ1v) is 7.29. The number of hydrogen-bond donors (Lipinski definition) is 0. The average Bonchev–Trinajstić information content (AvgIpc) is 2.92. The first-order valence-electron chi connectivity index (χ1n) is 9.29. The van der Waals surface area contributed by atoms with E-state index in [4.69, 9.17) is 5.48 Å². The molecular formula is C20H19N2+. The Morgan fingerprint density at radius 2 is 1.86 bits per heavy atom. The van der Waals surface area contributed by atoms with Crippen LogP contribution in [-0.4, -0.2) is 4.57 Å². The number of fused-ring (bicyclic) bond motifs is 3. The molecule has 0 unspecified atom stereocenters. The minimum Gasteiger partial charge on any atom is -0.236 e. The minimum atomic E-state index is -2.30. The van der Waals surface area contributed by atoms with E-state index in [2.05, 4.69) is 35.8 Å². The van der Waals surface area contributed by atoms with E-state index in [1.165, 1.54) is 0 Å². The van der Waals surface area contributed by atoms with Crippen molar-refractivity contribution in [2.45, 2.75) is 13.8 Å². The van der Waals surface area contributed by atoms with E-state index in [0.29, 0.717) is 0 Å². The van der Waals surface area contributed by atoms with Gasteiger partial charge in [-0.25, -0.2) is 4.57 Å². The van der Waals surface area contributed by atoms with Crippen molar-refractivity contribution in [2.24, 2.45) is 7.05 Å². The molecule has 0 atom stereocenters. The van der Waals surface area contributed by atoms with E-state index in [9.17, 15) is 0 Å². The summed E-state index contributed by atoms with van der Waals surface area (Å²) < 4.78 is 35.1. The Hall–Kier alpha value is -2.61. The van der Waals surface area contributed by atoms with Gasteiger partial charge in [-0.15, -0.1) is 0 Å². The molecule has 0 N–H and O–H groups in total. The number of aromatic nitrogens is 2. The second-order valence-corrected chi connectivity index (χ2v) is 5.62. The van der Waals surface area contributed by atoms with Crippen LogP contribution in [0.1, 0.15) is 16.6 Å². The van der Waals surface area contributed by atoms with Crippen molar-refractivity contribution >= 4 is 21.8 Å². The highest BCUT2D eigenvalue weighted by Crippen LogP contribution is 2.32. The van der Waals surface area contributed by atoms with Crippen LogP contribution < -0.4 is 4.57 Å². The molecule has 0 bridgehead atoms. The zero-order valence-corrected chi connectivity index (χ0v) is 12.6. The van der Waals surface area contributed by atoms with Gasteiger partial charge >= 0.3 is 0 Å². The third kappa shape index (κ3) is 1.77. The lowest BCUT2D eigenvalue weighted by Crippen LogP contribution is -2.33. The van der Waals surface area contributed by atoms with Crippen LogP contribution in [-0.2, 0) is 7.05 Å². The van der Waals surface area contributed by atoms with Gasteiger partial charge in [0.1, 0.15) is 11.0 Å². The van der Waals surface area contributed by atoms with E-state index in [1.54, 1.807) is 16.8 Å². The Balaban J connectivity index is 2.14. The summed E-state index contributed by atoms with van der Waals surface area (Å²) in [5.41, 5.74) is 3.30. The number of benzene rings is 2. The number of aryl methyl sites for hydroxylation is 3. The van der Waals surface area contributed by atoms with Crippen molar-refractivity contribution in [1.29, 1.82) is 0 Å². The molecule has 108 valence electrons. The van der Waals surface area contributed by atoms with Crippen LogP contribution in [0.4, 0.5) is 0 Å². The van der Waals surface area contributed by atoms with Crippen LogP contribution in [0, 0.1) is 13.8 Å². The predicted molar refractivity (Wildman–Crippen MR) is 91.4 cm³/mol. The molecule has 0 saturated heterocycles. The molecule has 0 spiro atoms. The molecule has 2 nitrogen and oxygen atoms in total. The third-order valence-electron chi connectivity index (χ3n) is 4.17. The first kappa shape index (κ1) is 9.42. The number of pyridine rings is 1. The molecule has 2 heterocycles. The van der Waals surface area contributed by atoms with Gasteiger partial charge in [-0.05, 0) is 49.1 Å². The number of rotatable bonds is 1. The molecule has 0 aliphatic carbocycles. The van der Waals surface area contributed by atoms with Crippen LogP contribution >= 0.6 is 0 Å². The van der Waals surface area contributed by atoms with Gasteiger partial charge in [0.15, 0.2) is 0 Å². The highest BCUT2D eigenvalue weighted by molar-refractivity contribution is 6.09. The summed E-state index contributed by atoms with van der Waals surface area (Å²) in [6, 6.07) is 16.0. The molecule has 0 fully saturated rings. The normalized spacial score (nSPS) is 14.6. The summed E-state index contributed by atoms with van der Waals surface area (Å²) in [6.07, 6.45) is 1.55. The lowest BCUT2D eigenvalue weighted by Gasteiger charge is -2.05. The van der Waals surface area contributed by atoms with Gasteiger partial charge in [-0.3, -0.25) is 0 Å². The van der Waals surface area contributed by atoms with Crippen molar-refractivity contribution in [2.75, 3.05) is 0 Å². The topological polar surface area (TPSA) is 8.81 Å². The molecule has 2 aromatic heterocycles. The van der Waals surface area contributed by atoms with Crippen LogP contribution in [0.15, 0.2) is 60.8 Å². The Bertz CT molecular complexity index is 1160. The third-order valence-corrected chi connectivity index (χ3v) is 4.17. The molecule has 0 aliphatic heterocycles. The molecule has 22 heavy (non-hydrogen) atoms. The van der Waals surface area contributed by atoms with E-state index in [-0.39, 0.29) is 11.6 Å². The van der Waals surface area contributed by atoms with Crippen molar-refractivity contribution in [3.05, 3.63) is 71.9 Å². The van der Waals surface area contributed by atoms with Gasteiger partial charge in [0.05, 0.1) is 14.6 Å². The standard InChI is InChI=1S/C20H19N2/c1-14-11-12-19(21(3)13-14)22-18-10-5-4-8-16(18)17-9-6-7-15(2)20(17)22/h4-13H,1-3H3/q+1/i1D3,11D. The molecule has 2 aromatic carbocycles. The summed E-state index contributed by atoms with van der Waals surface area (Å²) in [5, 5.41) is 2.28. The predicted octanol–water partition coefficient (Wildman–Crippen LogP) is 4.23. The molecule has 4 aromatic rings. The van der Waals surface area contributed by atoms with Gasteiger partial charge in [0, 0.05) is 21.0 Å². The largest absolute Gasteiger partial charge is 0.286 e. The lowest BCUT2D eigenvalue weighted by molar-refractivity contribution is -0.665. The monoisotopic (exact) mass is 291 g/mol. The number of nitrogens with zero attached hydrogens (tertiary/aromatic N) is 2. The van der Waals surface area contributed by atoms with Gasteiger partial charge < -0.3 is 0 Å². The van der Waals surface area contributed by atoms with Gasteiger partial charge in [0.2, 0.25) is 0 Å². The van der Waals surface area contributed by atoms with E-state index >= 15 is 0 Å². The van der Waals surface area contributed by atoms with Crippen LogP contribution in [0.2, 0.25) is 0 Å². The summed E-state index contributed by atoms with van der Waals surface area (Å²) in [4.78, 5) is 0. The molecule has 0 saturated carbocycles. The second kappa shape index (κ2) is 4.70. The zero-order valence-electron chi connectivity index (χ0n) is 16.6. The van der Waals surface area contributed by atoms with E-state index in [0.717, 1.165) is 33.2 Å². The Morgan fingerprint density at radius 3 is 2.73 bits per heavy atom. The number of hydrogen-bond acceptors (Lipinski definition) is 0. The van der Waals surface area contributed by atoms with Crippen LogP contribution in [0.25, 0.3) is 27.6 Å². The highest BCUT2D eigenvalue weighted by atomic mass is 15.1. The molecular weight excluding hydrogens is 268 g/mol. The molecule has 0 aliphatic rings. The van der Waals surface area contributed by atoms with Crippen molar-refractivity contribution in [3.63, 3.8) is 0 Å². The smallest absolute Gasteiger partial charge is 0.236 e. The maximum atomic E-state index is 8.25. The Labute approximate surface area is 135 Å². The number of para-hydroxylation sites is 2. The van der Waals surface area contributed by atoms with E-state index < -0.39 is 6.85 Å². The van der Waals surface area contributed by atoms with Gasteiger partial charge in [-0.1, -0.05) is 24.3 Å². The maximum absolute atomic E-state index is 8.25. The lowest BCUT2D eigenvalue weighted by atomic mass is 10.1. The Morgan fingerprint density at radius 1 is 1.05 bits per heavy atom. The summed E-state index contributed by atoms with van der Waals surface area (Å²) in [7, 11) is 1.82. The maximum Gasteiger partial charge on any atom is 0.286 e. The SMILES string of the molecule is [2H]c1cc(-n2c3ccccc3c3cccc(C)c32)[n+](C)cc1C([2H])([2H])[2H]. The summed E-state index contributed by atoms with van der Waals surface area (Å²) in [6.45, 7) is -0.236.